The highest BCUT2D eigenvalue weighted by molar-refractivity contribution is 5.05. The molecule has 1 atom stereocenters. The number of likely N-dealkylation sites (tertiary alicyclic amines) is 1. The highest BCUT2D eigenvalue weighted by Gasteiger charge is 2.50. The quantitative estimate of drug-likeness (QED) is 0.687. The summed E-state index contributed by atoms with van der Waals surface area (Å²) >= 11 is 0. The summed E-state index contributed by atoms with van der Waals surface area (Å²) < 4.78 is 10.9. The second kappa shape index (κ2) is 3.45. The predicted octanol–water partition coefficient (Wildman–Crippen LogP) is -0.175. The third-order valence-electron chi connectivity index (χ3n) is 3.68. The van der Waals surface area contributed by atoms with Crippen LogP contribution in [0.2, 0.25) is 0 Å². The van der Waals surface area contributed by atoms with Crippen molar-refractivity contribution >= 4 is 0 Å². The summed E-state index contributed by atoms with van der Waals surface area (Å²) in [6, 6.07) is 0. The molecule has 2 aliphatic heterocycles. The molecule has 0 aromatic carbocycles. The van der Waals surface area contributed by atoms with Crippen molar-refractivity contribution in [1.82, 2.24) is 4.90 Å². The molecule has 1 unspecified atom stereocenters. The molecular formula is C10H20N2O2. The van der Waals surface area contributed by atoms with Crippen LogP contribution in [-0.2, 0) is 9.47 Å². The number of ether oxygens (including phenoxy) is 2. The van der Waals surface area contributed by atoms with Gasteiger partial charge in [-0.15, -0.1) is 0 Å². The van der Waals surface area contributed by atoms with Crippen LogP contribution in [0, 0.1) is 0 Å². The Hall–Kier alpha value is -0.160. The van der Waals surface area contributed by atoms with Crippen LogP contribution in [0.3, 0.4) is 0 Å². The Morgan fingerprint density at radius 3 is 2.64 bits per heavy atom. The molecule has 2 rings (SSSR count). The molecule has 14 heavy (non-hydrogen) atoms. The number of nitrogens with zero attached hydrogens (tertiary/aromatic N) is 1. The normalized spacial score (nSPS) is 37.1. The third-order valence-corrected chi connectivity index (χ3v) is 3.68. The lowest BCUT2D eigenvalue weighted by Crippen LogP contribution is -2.70. The summed E-state index contributed by atoms with van der Waals surface area (Å²) in [5.41, 5.74) is 5.97. The van der Waals surface area contributed by atoms with Gasteiger partial charge in [-0.05, 0) is 13.3 Å². The molecule has 0 spiro atoms. The van der Waals surface area contributed by atoms with Crippen molar-refractivity contribution in [2.75, 3.05) is 40.0 Å². The Morgan fingerprint density at radius 1 is 1.50 bits per heavy atom. The Labute approximate surface area is 85.3 Å². The Bertz CT molecular complexity index is 208. The molecule has 2 fully saturated rings. The summed E-state index contributed by atoms with van der Waals surface area (Å²) in [6.07, 6.45) is 1.06. The second-order valence-electron chi connectivity index (χ2n) is 4.74. The minimum atomic E-state index is 0.0325. The SMILES string of the molecule is COC1(C)CN(C2(CN)CCOC2)C1. The minimum absolute atomic E-state index is 0.0325. The van der Waals surface area contributed by atoms with Crippen molar-refractivity contribution in [3.05, 3.63) is 0 Å². The van der Waals surface area contributed by atoms with Crippen molar-refractivity contribution in [3.63, 3.8) is 0 Å². The molecule has 2 saturated heterocycles. The number of rotatable bonds is 3. The topological polar surface area (TPSA) is 47.7 Å². The van der Waals surface area contributed by atoms with E-state index in [-0.39, 0.29) is 11.1 Å². The number of methoxy groups -OCH3 is 1. The van der Waals surface area contributed by atoms with Crippen LogP contribution in [-0.4, -0.2) is 56.0 Å². The zero-order chi connectivity index (χ0) is 10.2. The van der Waals surface area contributed by atoms with E-state index < -0.39 is 0 Å². The average molecular weight is 200 g/mol. The summed E-state index contributed by atoms with van der Waals surface area (Å²) in [6.45, 7) is 6.41. The lowest BCUT2D eigenvalue weighted by Gasteiger charge is -2.54. The van der Waals surface area contributed by atoms with Gasteiger partial charge in [-0.25, -0.2) is 0 Å². The fraction of sp³-hybridized carbons (Fsp3) is 1.00. The van der Waals surface area contributed by atoms with Gasteiger partial charge in [0.2, 0.25) is 0 Å². The van der Waals surface area contributed by atoms with E-state index in [0.29, 0.717) is 6.54 Å². The first-order valence-electron chi connectivity index (χ1n) is 5.22. The van der Waals surface area contributed by atoms with E-state index in [2.05, 4.69) is 11.8 Å². The van der Waals surface area contributed by atoms with Crippen LogP contribution in [0.4, 0.5) is 0 Å². The zero-order valence-corrected chi connectivity index (χ0v) is 9.08. The predicted molar refractivity (Wildman–Crippen MR) is 54.2 cm³/mol. The second-order valence-corrected chi connectivity index (χ2v) is 4.74. The monoisotopic (exact) mass is 200 g/mol. The highest BCUT2D eigenvalue weighted by atomic mass is 16.5. The smallest absolute Gasteiger partial charge is 0.0903 e. The van der Waals surface area contributed by atoms with E-state index in [9.17, 15) is 0 Å². The lowest BCUT2D eigenvalue weighted by molar-refractivity contribution is -0.149. The van der Waals surface area contributed by atoms with E-state index >= 15 is 0 Å². The number of hydrogen-bond donors (Lipinski definition) is 1. The Morgan fingerprint density at radius 2 is 2.21 bits per heavy atom. The minimum Gasteiger partial charge on any atom is -0.379 e. The molecule has 0 bridgehead atoms. The standard InChI is InChI=1S/C10H20N2O2/c1-9(13-2)6-12(7-9)10(5-11)3-4-14-8-10/h3-8,11H2,1-2H3. The number of nitrogens with two attached hydrogens (primary N) is 1. The summed E-state index contributed by atoms with van der Waals surface area (Å²) in [4.78, 5) is 2.41. The molecule has 0 aromatic heterocycles. The molecule has 2 heterocycles. The first-order valence-corrected chi connectivity index (χ1v) is 5.22. The fourth-order valence-electron chi connectivity index (χ4n) is 2.36. The first-order chi connectivity index (χ1) is 6.64. The molecule has 4 nitrogen and oxygen atoms in total. The molecule has 82 valence electrons. The summed E-state index contributed by atoms with van der Waals surface area (Å²) in [7, 11) is 1.78. The van der Waals surface area contributed by atoms with E-state index in [1.807, 2.05) is 0 Å². The van der Waals surface area contributed by atoms with Crippen molar-refractivity contribution < 1.29 is 9.47 Å². The van der Waals surface area contributed by atoms with Crippen LogP contribution in [0.15, 0.2) is 0 Å². The van der Waals surface area contributed by atoms with Gasteiger partial charge in [0.1, 0.15) is 0 Å². The Balaban J connectivity index is 1.96. The third kappa shape index (κ3) is 1.46. The van der Waals surface area contributed by atoms with Gasteiger partial charge in [0, 0.05) is 33.4 Å². The van der Waals surface area contributed by atoms with Gasteiger partial charge in [0.25, 0.3) is 0 Å². The van der Waals surface area contributed by atoms with E-state index in [1.54, 1.807) is 7.11 Å². The molecule has 0 aliphatic carbocycles. The van der Waals surface area contributed by atoms with Gasteiger partial charge in [-0.3, -0.25) is 4.90 Å². The van der Waals surface area contributed by atoms with Crippen molar-refractivity contribution in [2.24, 2.45) is 5.73 Å². The molecule has 2 N–H and O–H groups in total. The molecule has 0 radical (unpaired) electrons. The van der Waals surface area contributed by atoms with Gasteiger partial charge in [0.15, 0.2) is 0 Å². The van der Waals surface area contributed by atoms with Crippen molar-refractivity contribution in [3.8, 4) is 0 Å². The van der Waals surface area contributed by atoms with Gasteiger partial charge < -0.3 is 15.2 Å². The van der Waals surface area contributed by atoms with Gasteiger partial charge in [0.05, 0.1) is 17.7 Å². The molecule has 2 aliphatic rings. The first kappa shape index (κ1) is 10.4. The molecular weight excluding hydrogens is 180 g/mol. The van der Waals surface area contributed by atoms with E-state index in [0.717, 1.165) is 32.7 Å². The number of hydrogen-bond acceptors (Lipinski definition) is 4. The van der Waals surface area contributed by atoms with Gasteiger partial charge in [-0.1, -0.05) is 0 Å². The van der Waals surface area contributed by atoms with Crippen molar-refractivity contribution in [1.29, 1.82) is 0 Å². The largest absolute Gasteiger partial charge is 0.379 e. The maximum Gasteiger partial charge on any atom is 0.0903 e. The van der Waals surface area contributed by atoms with E-state index in [4.69, 9.17) is 15.2 Å². The molecule has 0 amide bonds. The van der Waals surface area contributed by atoms with Gasteiger partial charge >= 0.3 is 0 Å². The molecule has 0 saturated carbocycles. The summed E-state index contributed by atoms with van der Waals surface area (Å²) in [5, 5.41) is 0. The van der Waals surface area contributed by atoms with Crippen LogP contribution in [0.25, 0.3) is 0 Å². The maximum atomic E-state index is 5.85. The van der Waals surface area contributed by atoms with Gasteiger partial charge in [-0.2, -0.15) is 0 Å². The summed E-state index contributed by atoms with van der Waals surface area (Å²) in [5.74, 6) is 0. The van der Waals surface area contributed by atoms with Crippen LogP contribution < -0.4 is 5.73 Å². The lowest BCUT2D eigenvalue weighted by atomic mass is 9.86. The fourth-order valence-corrected chi connectivity index (χ4v) is 2.36. The Kier molecular flexibility index (Phi) is 2.55. The molecule has 4 heteroatoms. The van der Waals surface area contributed by atoms with Crippen molar-refractivity contribution in [2.45, 2.75) is 24.5 Å². The van der Waals surface area contributed by atoms with E-state index in [1.165, 1.54) is 0 Å². The van der Waals surface area contributed by atoms with Crippen LogP contribution in [0.1, 0.15) is 13.3 Å². The van der Waals surface area contributed by atoms with Crippen LogP contribution >= 0.6 is 0 Å². The highest BCUT2D eigenvalue weighted by Crippen LogP contribution is 2.35. The average Bonchev–Trinajstić information content (AvgIpc) is 2.62. The molecule has 0 aromatic rings. The van der Waals surface area contributed by atoms with Crippen LogP contribution in [0.5, 0.6) is 0 Å². The zero-order valence-electron chi connectivity index (χ0n) is 9.08. The maximum absolute atomic E-state index is 5.85.